The number of hydrogen-bond acceptors (Lipinski definition) is 1. The molecule has 2 rings (SSSR count). The van der Waals surface area contributed by atoms with Crippen LogP contribution >= 0.6 is 11.6 Å². The molecule has 0 atom stereocenters. The standard InChI is InChI=1S/C12H12ClFN2/c1-7(2)11-9(8-5-15-16-6-8)3-4-10(13)12(11)14/h3-7H,1-2H3,(H,15,16). The van der Waals surface area contributed by atoms with E-state index in [1.807, 2.05) is 19.9 Å². The minimum Gasteiger partial charge on any atom is -0.285 e. The van der Waals surface area contributed by atoms with Crippen LogP contribution in [-0.2, 0) is 0 Å². The lowest BCUT2D eigenvalue weighted by Crippen LogP contribution is -1.97. The smallest absolute Gasteiger partial charge is 0.145 e. The first kappa shape index (κ1) is 11.1. The Bertz CT molecular complexity index is 492. The molecule has 0 saturated carbocycles. The topological polar surface area (TPSA) is 28.7 Å². The molecule has 0 fully saturated rings. The van der Waals surface area contributed by atoms with Crippen LogP contribution in [0.25, 0.3) is 11.1 Å². The molecule has 0 aliphatic heterocycles. The van der Waals surface area contributed by atoms with Gasteiger partial charge >= 0.3 is 0 Å². The summed E-state index contributed by atoms with van der Waals surface area (Å²) in [7, 11) is 0. The average Bonchev–Trinajstić information content (AvgIpc) is 2.74. The van der Waals surface area contributed by atoms with E-state index < -0.39 is 0 Å². The van der Waals surface area contributed by atoms with Gasteiger partial charge in [-0.1, -0.05) is 31.5 Å². The first-order valence-electron chi connectivity index (χ1n) is 5.08. The van der Waals surface area contributed by atoms with Gasteiger partial charge in [-0.2, -0.15) is 5.10 Å². The van der Waals surface area contributed by atoms with Crippen molar-refractivity contribution in [3.05, 3.63) is 40.9 Å². The van der Waals surface area contributed by atoms with Gasteiger partial charge in [0.25, 0.3) is 0 Å². The molecule has 1 aromatic heterocycles. The van der Waals surface area contributed by atoms with Gasteiger partial charge in [-0.3, -0.25) is 5.10 Å². The van der Waals surface area contributed by atoms with Crippen LogP contribution in [0, 0.1) is 5.82 Å². The Kier molecular flexibility index (Phi) is 2.97. The van der Waals surface area contributed by atoms with E-state index in [1.54, 1.807) is 18.5 Å². The summed E-state index contributed by atoms with van der Waals surface area (Å²) in [5, 5.41) is 6.76. The Morgan fingerprint density at radius 2 is 2.12 bits per heavy atom. The first-order valence-corrected chi connectivity index (χ1v) is 5.46. The van der Waals surface area contributed by atoms with Crippen LogP contribution in [0.5, 0.6) is 0 Å². The second-order valence-corrected chi connectivity index (χ2v) is 4.37. The second-order valence-electron chi connectivity index (χ2n) is 3.96. The number of aromatic amines is 1. The molecule has 84 valence electrons. The van der Waals surface area contributed by atoms with Crippen LogP contribution in [-0.4, -0.2) is 10.2 Å². The number of aromatic nitrogens is 2. The van der Waals surface area contributed by atoms with E-state index in [1.165, 1.54) is 0 Å². The van der Waals surface area contributed by atoms with E-state index in [4.69, 9.17) is 11.6 Å². The van der Waals surface area contributed by atoms with Gasteiger partial charge in [0.1, 0.15) is 5.82 Å². The molecule has 4 heteroatoms. The van der Waals surface area contributed by atoms with Crippen molar-refractivity contribution in [2.24, 2.45) is 0 Å². The Morgan fingerprint density at radius 1 is 1.38 bits per heavy atom. The molecule has 0 aliphatic rings. The van der Waals surface area contributed by atoms with Crippen molar-refractivity contribution in [1.29, 1.82) is 0 Å². The number of hydrogen-bond donors (Lipinski definition) is 1. The van der Waals surface area contributed by atoms with Crippen molar-refractivity contribution in [3.8, 4) is 11.1 Å². The predicted molar refractivity (Wildman–Crippen MR) is 63.1 cm³/mol. The van der Waals surface area contributed by atoms with Gasteiger partial charge in [0.05, 0.1) is 11.2 Å². The summed E-state index contributed by atoms with van der Waals surface area (Å²) in [4.78, 5) is 0. The Morgan fingerprint density at radius 3 is 2.69 bits per heavy atom. The van der Waals surface area contributed by atoms with Gasteiger partial charge in [-0.25, -0.2) is 4.39 Å². The van der Waals surface area contributed by atoms with Crippen LogP contribution in [0.15, 0.2) is 24.5 Å². The third kappa shape index (κ3) is 1.83. The summed E-state index contributed by atoms with van der Waals surface area (Å²) >= 11 is 5.79. The van der Waals surface area contributed by atoms with Crippen molar-refractivity contribution in [3.63, 3.8) is 0 Å². The predicted octanol–water partition coefficient (Wildman–Crippen LogP) is 3.99. The molecule has 2 aromatic rings. The van der Waals surface area contributed by atoms with Gasteiger partial charge in [-0.15, -0.1) is 0 Å². The van der Waals surface area contributed by atoms with Crippen molar-refractivity contribution in [2.75, 3.05) is 0 Å². The molecule has 0 saturated heterocycles. The summed E-state index contributed by atoms with van der Waals surface area (Å²) in [6.07, 6.45) is 3.42. The molecule has 16 heavy (non-hydrogen) atoms. The SMILES string of the molecule is CC(C)c1c(-c2cn[nH]c2)ccc(Cl)c1F. The quantitative estimate of drug-likeness (QED) is 0.842. The summed E-state index contributed by atoms with van der Waals surface area (Å²) in [6, 6.07) is 3.40. The minimum absolute atomic E-state index is 0.0728. The lowest BCUT2D eigenvalue weighted by atomic mass is 9.93. The summed E-state index contributed by atoms with van der Waals surface area (Å²) < 4.78 is 13.9. The number of rotatable bonds is 2. The van der Waals surface area contributed by atoms with Crippen LogP contribution in [0.3, 0.4) is 0 Å². The molecular weight excluding hydrogens is 227 g/mol. The van der Waals surface area contributed by atoms with Crippen LogP contribution in [0.2, 0.25) is 5.02 Å². The van der Waals surface area contributed by atoms with Gasteiger partial charge < -0.3 is 0 Å². The highest BCUT2D eigenvalue weighted by atomic mass is 35.5. The maximum atomic E-state index is 13.9. The zero-order chi connectivity index (χ0) is 11.7. The summed E-state index contributed by atoms with van der Waals surface area (Å²) in [6.45, 7) is 3.89. The fraction of sp³-hybridized carbons (Fsp3) is 0.250. The number of nitrogens with one attached hydrogen (secondary N) is 1. The van der Waals surface area contributed by atoms with Crippen LogP contribution in [0.4, 0.5) is 4.39 Å². The van der Waals surface area contributed by atoms with E-state index in [-0.39, 0.29) is 16.8 Å². The minimum atomic E-state index is -0.338. The van der Waals surface area contributed by atoms with E-state index in [0.29, 0.717) is 5.56 Å². The zero-order valence-electron chi connectivity index (χ0n) is 9.09. The highest BCUT2D eigenvalue weighted by Crippen LogP contribution is 2.33. The number of nitrogens with zero attached hydrogens (tertiary/aromatic N) is 1. The van der Waals surface area contributed by atoms with Gasteiger partial charge in [0, 0.05) is 11.8 Å². The van der Waals surface area contributed by atoms with Crippen LogP contribution < -0.4 is 0 Å². The first-order chi connectivity index (χ1) is 7.61. The molecule has 0 bridgehead atoms. The highest BCUT2D eigenvalue weighted by Gasteiger charge is 2.16. The van der Waals surface area contributed by atoms with Crippen molar-refractivity contribution in [1.82, 2.24) is 10.2 Å². The van der Waals surface area contributed by atoms with E-state index in [2.05, 4.69) is 10.2 Å². The summed E-state index contributed by atoms with van der Waals surface area (Å²) in [5.74, 6) is -0.265. The number of benzene rings is 1. The van der Waals surface area contributed by atoms with Crippen LogP contribution in [0.1, 0.15) is 25.3 Å². The van der Waals surface area contributed by atoms with E-state index >= 15 is 0 Å². The van der Waals surface area contributed by atoms with E-state index in [0.717, 1.165) is 11.1 Å². The van der Waals surface area contributed by atoms with Gasteiger partial charge in [0.2, 0.25) is 0 Å². The van der Waals surface area contributed by atoms with Crippen molar-refractivity contribution < 1.29 is 4.39 Å². The Labute approximate surface area is 98.4 Å². The Balaban J connectivity index is 2.66. The number of halogens is 2. The van der Waals surface area contributed by atoms with Crippen molar-refractivity contribution in [2.45, 2.75) is 19.8 Å². The van der Waals surface area contributed by atoms with Gasteiger partial charge in [-0.05, 0) is 23.1 Å². The fourth-order valence-corrected chi connectivity index (χ4v) is 1.95. The average molecular weight is 239 g/mol. The lowest BCUT2D eigenvalue weighted by Gasteiger charge is -2.13. The molecule has 0 radical (unpaired) electrons. The highest BCUT2D eigenvalue weighted by molar-refractivity contribution is 6.30. The Hall–Kier alpha value is -1.35. The molecule has 2 nitrogen and oxygen atoms in total. The normalized spacial score (nSPS) is 11.1. The molecule has 0 unspecified atom stereocenters. The molecule has 0 spiro atoms. The number of H-pyrrole nitrogens is 1. The maximum Gasteiger partial charge on any atom is 0.145 e. The van der Waals surface area contributed by atoms with Gasteiger partial charge in [0.15, 0.2) is 0 Å². The monoisotopic (exact) mass is 238 g/mol. The molecule has 1 N–H and O–H groups in total. The molecule has 1 aromatic carbocycles. The third-order valence-corrected chi connectivity index (χ3v) is 2.81. The fourth-order valence-electron chi connectivity index (χ4n) is 1.78. The second kappa shape index (κ2) is 4.26. The lowest BCUT2D eigenvalue weighted by molar-refractivity contribution is 0.600. The van der Waals surface area contributed by atoms with E-state index in [9.17, 15) is 4.39 Å². The molecule has 0 amide bonds. The molecule has 1 heterocycles. The summed E-state index contributed by atoms with van der Waals surface area (Å²) in [5.41, 5.74) is 2.35. The zero-order valence-corrected chi connectivity index (χ0v) is 9.85. The maximum absolute atomic E-state index is 13.9. The molecular formula is C12H12ClFN2. The largest absolute Gasteiger partial charge is 0.285 e. The molecule has 0 aliphatic carbocycles. The third-order valence-electron chi connectivity index (χ3n) is 2.52. The van der Waals surface area contributed by atoms with Crippen molar-refractivity contribution >= 4 is 11.6 Å².